The highest BCUT2D eigenvalue weighted by Gasteiger charge is 2.21. The number of imidazole rings is 1. The van der Waals surface area contributed by atoms with E-state index in [-0.39, 0.29) is 5.69 Å². The van der Waals surface area contributed by atoms with E-state index in [4.69, 9.17) is 4.74 Å². The third-order valence-corrected chi connectivity index (χ3v) is 1.68. The zero-order chi connectivity index (χ0) is 11.5. The molecule has 0 spiro atoms. The van der Waals surface area contributed by atoms with Gasteiger partial charge in [0.05, 0.1) is 6.20 Å². The van der Waals surface area contributed by atoms with Gasteiger partial charge in [-0.25, -0.2) is 9.78 Å². The number of nitrogens with one attached hydrogen (secondary N) is 1. The molecule has 0 amide bonds. The maximum atomic E-state index is 11.4. The molecule has 2 N–H and O–H groups in total. The monoisotopic (exact) mass is 212 g/mol. The minimum absolute atomic E-state index is 0.264. The molecule has 0 saturated carbocycles. The van der Waals surface area contributed by atoms with Gasteiger partial charge in [-0.1, -0.05) is 6.92 Å². The number of hydrogen-bond acceptors (Lipinski definition) is 4. The van der Waals surface area contributed by atoms with Gasteiger partial charge in [-0.05, 0) is 6.42 Å². The van der Waals surface area contributed by atoms with Gasteiger partial charge in [0.25, 0.3) is 0 Å². The van der Waals surface area contributed by atoms with Gasteiger partial charge in [-0.15, -0.1) is 0 Å². The maximum Gasteiger partial charge on any atom is 0.358 e. The van der Waals surface area contributed by atoms with Gasteiger partial charge in [0.15, 0.2) is 0 Å². The van der Waals surface area contributed by atoms with Crippen molar-refractivity contribution in [2.75, 3.05) is 0 Å². The average molecular weight is 212 g/mol. The van der Waals surface area contributed by atoms with Gasteiger partial charge in [0, 0.05) is 20.3 Å². The minimum Gasteiger partial charge on any atom is -0.429 e. The Bertz CT molecular complexity index is 339. The third-order valence-electron chi connectivity index (χ3n) is 1.68. The molecule has 15 heavy (non-hydrogen) atoms. The standard InChI is InChI=1S/C10H16N2O3/c1-4-5-8-11-6-7(12-8)9(13)15-10(2,3)14/h6,14H,4-5H2,1-3H3,(H,11,12). The van der Waals surface area contributed by atoms with Crippen molar-refractivity contribution >= 4 is 5.97 Å². The summed E-state index contributed by atoms with van der Waals surface area (Å²) in [5.74, 6) is -1.31. The Morgan fingerprint density at radius 1 is 1.67 bits per heavy atom. The molecule has 1 rings (SSSR count). The first-order chi connectivity index (χ1) is 6.92. The molecule has 0 fully saturated rings. The fourth-order valence-electron chi connectivity index (χ4n) is 1.11. The molecule has 5 heteroatoms. The number of aromatic nitrogens is 2. The second-order valence-corrected chi connectivity index (χ2v) is 3.83. The zero-order valence-corrected chi connectivity index (χ0v) is 9.20. The van der Waals surface area contributed by atoms with Crippen molar-refractivity contribution in [2.24, 2.45) is 0 Å². The Morgan fingerprint density at radius 3 is 2.87 bits per heavy atom. The van der Waals surface area contributed by atoms with Crippen molar-refractivity contribution < 1.29 is 14.6 Å². The van der Waals surface area contributed by atoms with Gasteiger partial charge >= 0.3 is 5.97 Å². The number of esters is 1. The highest BCUT2D eigenvalue weighted by molar-refractivity contribution is 5.87. The second-order valence-electron chi connectivity index (χ2n) is 3.83. The van der Waals surface area contributed by atoms with Gasteiger partial charge in [0.1, 0.15) is 11.5 Å². The van der Waals surface area contributed by atoms with Gasteiger partial charge < -0.3 is 14.8 Å². The summed E-state index contributed by atoms with van der Waals surface area (Å²) in [7, 11) is 0. The fourth-order valence-corrected chi connectivity index (χ4v) is 1.11. The molecule has 84 valence electrons. The Morgan fingerprint density at radius 2 is 2.33 bits per heavy atom. The van der Waals surface area contributed by atoms with E-state index < -0.39 is 11.8 Å². The van der Waals surface area contributed by atoms with Crippen LogP contribution in [0.25, 0.3) is 0 Å². The van der Waals surface area contributed by atoms with Crippen molar-refractivity contribution in [3.05, 3.63) is 17.7 Å². The molecule has 0 atom stereocenters. The highest BCUT2D eigenvalue weighted by atomic mass is 16.7. The van der Waals surface area contributed by atoms with Crippen LogP contribution in [0.3, 0.4) is 0 Å². The van der Waals surface area contributed by atoms with Crippen LogP contribution in [0.1, 0.15) is 43.5 Å². The molecule has 1 aromatic heterocycles. The lowest BCUT2D eigenvalue weighted by Crippen LogP contribution is -2.27. The molecule has 0 aliphatic rings. The van der Waals surface area contributed by atoms with Crippen LogP contribution in [0.2, 0.25) is 0 Å². The SMILES string of the molecule is CCCc1ncc(C(=O)OC(C)(C)O)[nH]1. The summed E-state index contributed by atoms with van der Waals surface area (Å²) >= 11 is 0. The first-order valence-electron chi connectivity index (χ1n) is 4.92. The summed E-state index contributed by atoms with van der Waals surface area (Å²) < 4.78 is 4.76. The van der Waals surface area contributed by atoms with Crippen LogP contribution in [0.4, 0.5) is 0 Å². The molecule has 1 heterocycles. The quantitative estimate of drug-likeness (QED) is 0.581. The summed E-state index contributed by atoms with van der Waals surface area (Å²) in [6.45, 7) is 4.82. The molecular formula is C10H16N2O3. The number of nitrogens with zero attached hydrogens (tertiary/aromatic N) is 1. The Hall–Kier alpha value is -1.36. The van der Waals surface area contributed by atoms with Crippen LogP contribution < -0.4 is 0 Å². The minimum atomic E-state index is -1.47. The molecule has 1 aromatic rings. The van der Waals surface area contributed by atoms with Crippen LogP contribution in [-0.2, 0) is 11.2 Å². The number of aliphatic hydroxyl groups is 1. The molecule has 0 aliphatic heterocycles. The number of H-pyrrole nitrogens is 1. The predicted molar refractivity (Wildman–Crippen MR) is 54.3 cm³/mol. The summed E-state index contributed by atoms with van der Waals surface area (Å²) in [6, 6.07) is 0. The van der Waals surface area contributed by atoms with Crippen molar-refractivity contribution in [2.45, 2.75) is 39.4 Å². The molecular weight excluding hydrogens is 196 g/mol. The second kappa shape index (κ2) is 4.44. The highest BCUT2D eigenvalue weighted by Crippen LogP contribution is 2.08. The van der Waals surface area contributed by atoms with E-state index in [0.29, 0.717) is 0 Å². The molecule has 5 nitrogen and oxygen atoms in total. The lowest BCUT2D eigenvalue weighted by molar-refractivity contribution is -0.136. The topological polar surface area (TPSA) is 75.2 Å². The normalized spacial score (nSPS) is 11.5. The first kappa shape index (κ1) is 11.7. The molecule has 0 aliphatic carbocycles. The number of carbonyl (C=O) groups is 1. The van der Waals surface area contributed by atoms with Crippen molar-refractivity contribution in [1.82, 2.24) is 9.97 Å². The van der Waals surface area contributed by atoms with E-state index in [0.717, 1.165) is 18.7 Å². The number of aromatic amines is 1. The molecule has 0 saturated heterocycles. The number of rotatable bonds is 4. The molecule has 0 radical (unpaired) electrons. The summed E-state index contributed by atoms with van der Waals surface area (Å²) in [5, 5.41) is 9.28. The zero-order valence-electron chi connectivity index (χ0n) is 9.20. The lowest BCUT2D eigenvalue weighted by Gasteiger charge is -2.16. The number of hydrogen-bond donors (Lipinski definition) is 2. The average Bonchev–Trinajstić information content (AvgIpc) is 2.50. The summed E-state index contributed by atoms with van der Waals surface area (Å²) in [5.41, 5.74) is 0.264. The maximum absolute atomic E-state index is 11.4. The van der Waals surface area contributed by atoms with Crippen LogP contribution >= 0.6 is 0 Å². The van der Waals surface area contributed by atoms with Gasteiger partial charge in [-0.3, -0.25) is 0 Å². The fraction of sp³-hybridized carbons (Fsp3) is 0.600. The Balaban J connectivity index is 2.66. The summed E-state index contributed by atoms with van der Waals surface area (Å²) in [6.07, 6.45) is 3.16. The lowest BCUT2D eigenvalue weighted by atomic mass is 10.3. The van der Waals surface area contributed by atoms with E-state index in [9.17, 15) is 9.90 Å². The van der Waals surface area contributed by atoms with Crippen LogP contribution in [0.5, 0.6) is 0 Å². The Labute approximate surface area is 88.5 Å². The van der Waals surface area contributed by atoms with Crippen molar-refractivity contribution in [3.63, 3.8) is 0 Å². The first-order valence-corrected chi connectivity index (χ1v) is 4.92. The van der Waals surface area contributed by atoms with Gasteiger partial charge in [-0.2, -0.15) is 0 Å². The van der Waals surface area contributed by atoms with Crippen LogP contribution in [0, 0.1) is 0 Å². The van der Waals surface area contributed by atoms with Crippen molar-refractivity contribution in [3.8, 4) is 0 Å². The predicted octanol–water partition coefficient (Wildman–Crippen LogP) is 1.25. The molecule has 0 aromatic carbocycles. The van der Waals surface area contributed by atoms with E-state index >= 15 is 0 Å². The molecule has 0 bridgehead atoms. The number of aryl methyl sites for hydroxylation is 1. The van der Waals surface area contributed by atoms with Gasteiger partial charge in [0.2, 0.25) is 5.79 Å². The van der Waals surface area contributed by atoms with Crippen LogP contribution in [-0.4, -0.2) is 26.8 Å². The number of ether oxygens (including phenoxy) is 1. The van der Waals surface area contributed by atoms with E-state index in [1.807, 2.05) is 6.92 Å². The van der Waals surface area contributed by atoms with E-state index in [1.54, 1.807) is 0 Å². The molecule has 0 unspecified atom stereocenters. The Kier molecular flexibility index (Phi) is 3.47. The van der Waals surface area contributed by atoms with E-state index in [1.165, 1.54) is 20.0 Å². The smallest absolute Gasteiger partial charge is 0.358 e. The number of carbonyl (C=O) groups excluding carboxylic acids is 1. The van der Waals surface area contributed by atoms with E-state index in [2.05, 4.69) is 9.97 Å². The third kappa shape index (κ3) is 3.71. The van der Waals surface area contributed by atoms with Crippen LogP contribution in [0.15, 0.2) is 6.20 Å². The van der Waals surface area contributed by atoms with Crippen molar-refractivity contribution in [1.29, 1.82) is 0 Å². The summed E-state index contributed by atoms with van der Waals surface area (Å²) in [4.78, 5) is 18.3. The largest absolute Gasteiger partial charge is 0.429 e.